The van der Waals surface area contributed by atoms with Crippen LogP contribution in [0.5, 0.6) is 5.75 Å². The number of nitrogens with zero attached hydrogens (tertiary/aromatic N) is 1. The van der Waals surface area contributed by atoms with Crippen molar-refractivity contribution in [1.82, 2.24) is 4.90 Å². The lowest BCUT2D eigenvalue weighted by molar-refractivity contribution is 0.136. The molecule has 1 aliphatic rings. The second-order valence-corrected chi connectivity index (χ2v) is 4.60. The average Bonchev–Trinajstić information content (AvgIpc) is 2.32. The van der Waals surface area contributed by atoms with E-state index < -0.39 is 0 Å². The molecule has 17 heavy (non-hydrogen) atoms. The van der Waals surface area contributed by atoms with Crippen molar-refractivity contribution < 1.29 is 4.74 Å². The Bertz CT molecular complexity index is 347. The number of aryl methyl sites for hydroxylation is 2. The van der Waals surface area contributed by atoms with Gasteiger partial charge in [0.1, 0.15) is 11.9 Å². The molecule has 0 aliphatic carbocycles. The van der Waals surface area contributed by atoms with Gasteiger partial charge in [0.15, 0.2) is 0 Å². The number of hydrogen-bond donors (Lipinski definition) is 0. The smallest absolute Gasteiger partial charge is 0.125 e. The molecule has 0 amide bonds. The Kier molecular flexibility index (Phi) is 5.49. The first-order chi connectivity index (χ1) is 8.16. The molecule has 1 atom stereocenters. The van der Waals surface area contributed by atoms with Crippen molar-refractivity contribution in [2.24, 2.45) is 0 Å². The van der Waals surface area contributed by atoms with E-state index in [1.165, 1.54) is 11.1 Å². The van der Waals surface area contributed by atoms with Crippen molar-refractivity contribution in [3.63, 3.8) is 0 Å². The van der Waals surface area contributed by atoms with E-state index in [9.17, 15) is 0 Å². The standard InChI is InChI=1S/C13H19NO.C2H6/c1-10-5-4-6-11-7-8-12(9-14(2)3)15-13(10)11;1-2/h4-6,12H,7-9H2,1-3H3;1-2H3/t12-;/m1./s1. The zero-order valence-corrected chi connectivity index (χ0v) is 11.8. The molecule has 0 bridgehead atoms. The van der Waals surface area contributed by atoms with Crippen LogP contribution in [0.4, 0.5) is 0 Å². The molecular formula is C15H25NO. The molecule has 0 saturated heterocycles. The summed E-state index contributed by atoms with van der Waals surface area (Å²) in [4.78, 5) is 2.19. The van der Waals surface area contributed by atoms with Crippen LogP contribution in [0.25, 0.3) is 0 Å². The van der Waals surface area contributed by atoms with Crippen LogP contribution in [0.3, 0.4) is 0 Å². The van der Waals surface area contributed by atoms with Gasteiger partial charge >= 0.3 is 0 Å². The molecule has 0 fully saturated rings. The lowest BCUT2D eigenvalue weighted by atomic mass is 9.99. The molecule has 0 unspecified atom stereocenters. The fraction of sp³-hybridized carbons (Fsp3) is 0.600. The average molecular weight is 235 g/mol. The third-order valence-corrected chi connectivity index (χ3v) is 2.88. The zero-order valence-electron chi connectivity index (χ0n) is 11.8. The van der Waals surface area contributed by atoms with Gasteiger partial charge in [0.05, 0.1) is 0 Å². The second kappa shape index (κ2) is 6.65. The Morgan fingerprint density at radius 3 is 2.65 bits per heavy atom. The van der Waals surface area contributed by atoms with Gasteiger partial charge in [0.25, 0.3) is 0 Å². The molecular weight excluding hydrogens is 210 g/mol. The van der Waals surface area contributed by atoms with E-state index in [4.69, 9.17) is 4.74 Å². The molecule has 0 spiro atoms. The summed E-state index contributed by atoms with van der Waals surface area (Å²) in [5, 5.41) is 0. The Labute approximate surface area is 106 Å². The van der Waals surface area contributed by atoms with Gasteiger partial charge < -0.3 is 9.64 Å². The predicted octanol–water partition coefficient (Wildman–Crippen LogP) is 3.28. The van der Waals surface area contributed by atoms with E-state index in [1.54, 1.807) is 0 Å². The molecule has 0 N–H and O–H groups in total. The van der Waals surface area contributed by atoms with E-state index in [0.717, 1.165) is 25.1 Å². The molecule has 1 heterocycles. The van der Waals surface area contributed by atoms with Crippen LogP contribution in [-0.4, -0.2) is 31.6 Å². The normalized spacial score (nSPS) is 17.9. The molecule has 1 aliphatic heterocycles. The van der Waals surface area contributed by atoms with E-state index >= 15 is 0 Å². The van der Waals surface area contributed by atoms with Crippen molar-refractivity contribution in [2.75, 3.05) is 20.6 Å². The quantitative estimate of drug-likeness (QED) is 0.780. The van der Waals surface area contributed by atoms with Crippen LogP contribution >= 0.6 is 0 Å². The number of fused-ring (bicyclic) bond motifs is 1. The summed E-state index contributed by atoms with van der Waals surface area (Å²) in [5.41, 5.74) is 2.63. The molecule has 0 aromatic heterocycles. The lowest BCUT2D eigenvalue weighted by Gasteiger charge is -2.29. The largest absolute Gasteiger partial charge is 0.489 e. The highest BCUT2D eigenvalue weighted by Crippen LogP contribution is 2.30. The van der Waals surface area contributed by atoms with Gasteiger partial charge in [-0.05, 0) is 45.0 Å². The summed E-state index contributed by atoms with van der Waals surface area (Å²) in [6, 6.07) is 6.41. The van der Waals surface area contributed by atoms with Crippen molar-refractivity contribution in [3.8, 4) is 5.75 Å². The number of benzene rings is 1. The van der Waals surface area contributed by atoms with Crippen LogP contribution in [0.15, 0.2) is 18.2 Å². The molecule has 2 nitrogen and oxygen atoms in total. The minimum absolute atomic E-state index is 0.355. The van der Waals surface area contributed by atoms with E-state index in [1.807, 2.05) is 13.8 Å². The van der Waals surface area contributed by atoms with Gasteiger partial charge in [-0.25, -0.2) is 0 Å². The molecule has 0 radical (unpaired) electrons. The Morgan fingerprint density at radius 2 is 2.00 bits per heavy atom. The van der Waals surface area contributed by atoms with Crippen LogP contribution in [0.2, 0.25) is 0 Å². The summed E-state index contributed by atoms with van der Waals surface area (Å²) in [7, 11) is 4.19. The summed E-state index contributed by atoms with van der Waals surface area (Å²) < 4.78 is 6.03. The molecule has 1 aromatic carbocycles. The first-order valence-corrected chi connectivity index (χ1v) is 6.56. The van der Waals surface area contributed by atoms with Crippen LogP contribution in [0.1, 0.15) is 31.4 Å². The fourth-order valence-corrected chi connectivity index (χ4v) is 2.16. The van der Waals surface area contributed by atoms with Crippen molar-refractivity contribution in [2.45, 2.75) is 39.7 Å². The van der Waals surface area contributed by atoms with Gasteiger partial charge in [0, 0.05) is 6.54 Å². The minimum Gasteiger partial charge on any atom is -0.489 e. The van der Waals surface area contributed by atoms with E-state index in [-0.39, 0.29) is 0 Å². The van der Waals surface area contributed by atoms with Crippen molar-refractivity contribution in [3.05, 3.63) is 29.3 Å². The minimum atomic E-state index is 0.355. The number of likely N-dealkylation sites (N-methyl/N-ethyl adjacent to an activating group) is 1. The molecule has 96 valence electrons. The topological polar surface area (TPSA) is 12.5 Å². The maximum atomic E-state index is 6.03. The van der Waals surface area contributed by atoms with Gasteiger partial charge in [-0.2, -0.15) is 0 Å². The summed E-state index contributed by atoms with van der Waals surface area (Å²) in [6.45, 7) is 7.13. The van der Waals surface area contributed by atoms with Gasteiger partial charge in [0.2, 0.25) is 0 Å². The monoisotopic (exact) mass is 235 g/mol. The van der Waals surface area contributed by atoms with E-state index in [0.29, 0.717) is 6.10 Å². The molecule has 0 saturated carbocycles. The lowest BCUT2D eigenvalue weighted by Crippen LogP contribution is -2.33. The third kappa shape index (κ3) is 3.74. The summed E-state index contributed by atoms with van der Waals surface area (Å²) >= 11 is 0. The van der Waals surface area contributed by atoms with Crippen LogP contribution in [0, 0.1) is 6.92 Å². The molecule has 1 aromatic rings. The van der Waals surface area contributed by atoms with Crippen molar-refractivity contribution >= 4 is 0 Å². The maximum absolute atomic E-state index is 6.03. The number of hydrogen-bond acceptors (Lipinski definition) is 2. The number of para-hydroxylation sites is 1. The van der Waals surface area contributed by atoms with Crippen LogP contribution < -0.4 is 4.74 Å². The fourth-order valence-electron chi connectivity index (χ4n) is 2.16. The zero-order chi connectivity index (χ0) is 12.8. The van der Waals surface area contributed by atoms with Crippen molar-refractivity contribution in [1.29, 1.82) is 0 Å². The summed E-state index contributed by atoms with van der Waals surface area (Å²) in [6.07, 6.45) is 2.64. The van der Waals surface area contributed by atoms with Gasteiger partial charge in [-0.15, -0.1) is 0 Å². The number of rotatable bonds is 2. The van der Waals surface area contributed by atoms with E-state index in [2.05, 4.69) is 44.1 Å². The highest BCUT2D eigenvalue weighted by atomic mass is 16.5. The Morgan fingerprint density at radius 1 is 1.29 bits per heavy atom. The first-order valence-electron chi connectivity index (χ1n) is 6.56. The first kappa shape index (κ1) is 14.0. The van der Waals surface area contributed by atoms with Crippen LogP contribution in [-0.2, 0) is 6.42 Å². The van der Waals surface area contributed by atoms with Gasteiger partial charge in [-0.1, -0.05) is 32.0 Å². The highest BCUT2D eigenvalue weighted by molar-refractivity contribution is 5.42. The maximum Gasteiger partial charge on any atom is 0.125 e. The second-order valence-electron chi connectivity index (χ2n) is 4.60. The summed E-state index contributed by atoms with van der Waals surface area (Å²) in [5.74, 6) is 1.12. The third-order valence-electron chi connectivity index (χ3n) is 2.88. The van der Waals surface area contributed by atoms with Gasteiger partial charge in [-0.3, -0.25) is 0 Å². The molecule has 2 heteroatoms. The molecule has 2 rings (SSSR count). The highest BCUT2D eigenvalue weighted by Gasteiger charge is 2.21. The SMILES string of the molecule is CC.Cc1cccc2c1O[C@@H](CN(C)C)CC2. The number of ether oxygens (including phenoxy) is 1. The Hall–Kier alpha value is -1.02. The Balaban J connectivity index is 0.000000686. The predicted molar refractivity (Wildman–Crippen MR) is 73.8 cm³/mol.